The number of aryl methyl sites for hydroxylation is 1. The Hall–Kier alpha value is -2.83. The summed E-state index contributed by atoms with van der Waals surface area (Å²) in [6, 6.07) is 5.70. The zero-order chi connectivity index (χ0) is 15.0. The zero-order valence-electron chi connectivity index (χ0n) is 11.1. The van der Waals surface area contributed by atoms with Gasteiger partial charge in [0.15, 0.2) is 0 Å². The van der Waals surface area contributed by atoms with Crippen molar-refractivity contribution >= 4 is 10.9 Å². The number of H-pyrrole nitrogens is 1. The number of hydrogen-bond donors (Lipinski definition) is 1. The standard InChI is InChI=1S/C14H11FN4O2/c1-2-19-14(21)12-10(13(20)17-7-16-12)11(18-19)8-4-3-5-9(15)6-8/h3-7H,2H2,1H3,(H,16,17,20). The van der Waals surface area contributed by atoms with Crippen molar-refractivity contribution in [3.63, 3.8) is 0 Å². The van der Waals surface area contributed by atoms with Gasteiger partial charge >= 0.3 is 0 Å². The van der Waals surface area contributed by atoms with Gasteiger partial charge in [0.05, 0.1) is 11.7 Å². The van der Waals surface area contributed by atoms with Crippen LogP contribution < -0.4 is 11.1 Å². The molecule has 21 heavy (non-hydrogen) atoms. The highest BCUT2D eigenvalue weighted by atomic mass is 19.1. The van der Waals surface area contributed by atoms with E-state index in [1.54, 1.807) is 13.0 Å². The summed E-state index contributed by atoms with van der Waals surface area (Å²) in [6.45, 7) is 2.08. The van der Waals surface area contributed by atoms with Crippen molar-refractivity contribution in [2.75, 3.05) is 0 Å². The molecule has 0 atom stereocenters. The number of rotatable bonds is 2. The zero-order valence-corrected chi connectivity index (χ0v) is 11.1. The van der Waals surface area contributed by atoms with E-state index in [-0.39, 0.29) is 16.6 Å². The summed E-state index contributed by atoms with van der Waals surface area (Å²) < 4.78 is 14.6. The van der Waals surface area contributed by atoms with Crippen LogP contribution in [0, 0.1) is 5.82 Å². The van der Waals surface area contributed by atoms with Gasteiger partial charge in [-0.25, -0.2) is 14.1 Å². The number of nitrogens with zero attached hydrogens (tertiary/aromatic N) is 3. The number of aromatic nitrogens is 4. The van der Waals surface area contributed by atoms with Gasteiger partial charge in [0.1, 0.15) is 17.0 Å². The maximum atomic E-state index is 13.4. The molecule has 3 aromatic rings. The van der Waals surface area contributed by atoms with Crippen LogP contribution in [0.4, 0.5) is 4.39 Å². The molecule has 7 heteroatoms. The highest BCUT2D eigenvalue weighted by Crippen LogP contribution is 2.21. The molecule has 2 aromatic heterocycles. The monoisotopic (exact) mass is 286 g/mol. The average Bonchev–Trinajstić information content (AvgIpc) is 2.48. The Labute approximate surface area is 117 Å². The number of halogens is 1. The summed E-state index contributed by atoms with van der Waals surface area (Å²) in [6.07, 6.45) is 1.17. The molecule has 6 nitrogen and oxygen atoms in total. The SMILES string of the molecule is CCn1nc(-c2cccc(F)c2)c2c(=O)[nH]cnc2c1=O. The molecule has 0 saturated carbocycles. The molecule has 0 saturated heterocycles. The number of hydrogen-bond acceptors (Lipinski definition) is 4. The van der Waals surface area contributed by atoms with Crippen LogP contribution in [0.5, 0.6) is 0 Å². The minimum atomic E-state index is -0.480. The Kier molecular flexibility index (Phi) is 3.09. The van der Waals surface area contributed by atoms with E-state index in [9.17, 15) is 14.0 Å². The van der Waals surface area contributed by atoms with Crippen LogP contribution in [-0.2, 0) is 6.54 Å². The second-order valence-corrected chi connectivity index (χ2v) is 4.44. The molecule has 1 aromatic carbocycles. The lowest BCUT2D eigenvalue weighted by molar-refractivity contribution is 0.621. The molecule has 0 spiro atoms. The maximum absolute atomic E-state index is 13.4. The molecule has 0 radical (unpaired) electrons. The van der Waals surface area contributed by atoms with Gasteiger partial charge in [-0.05, 0) is 19.1 Å². The second-order valence-electron chi connectivity index (χ2n) is 4.44. The van der Waals surface area contributed by atoms with Crippen molar-refractivity contribution in [1.82, 2.24) is 19.7 Å². The third-order valence-corrected chi connectivity index (χ3v) is 3.15. The molecule has 0 amide bonds. The van der Waals surface area contributed by atoms with Gasteiger partial charge in [0.2, 0.25) is 0 Å². The molecule has 0 aliphatic carbocycles. The van der Waals surface area contributed by atoms with Crippen molar-refractivity contribution < 1.29 is 4.39 Å². The first-order valence-electron chi connectivity index (χ1n) is 6.36. The molecule has 1 N–H and O–H groups in total. The van der Waals surface area contributed by atoms with Crippen LogP contribution >= 0.6 is 0 Å². The highest BCUT2D eigenvalue weighted by molar-refractivity contribution is 5.90. The van der Waals surface area contributed by atoms with E-state index in [1.165, 1.54) is 29.2 Å². The van der Waals surface area contributed by atoms with Crippen molar-refractivity contribution in [2.24, 2.45) is 0 Å². The van der Waals surface area contributed by atoms with E-state index in [0.29, 0.717) is 12.1 Å². The maximum Gasteiger partial charge on any atom is 0.293 e. The summed E-state index contributed by atoms with van der Waals surface area (Å²) in [5.74, 6) is -0.447. The first-order valence-corrected chi connectivity index (χ1v) is 6.36. The van der Waals surface area contributed by atoms with E-state index in [0.717, 1.165) is 0 Å². The molecule has 106 valence electrons. The summed E-state index contributed by atoms with van der Waals surface area (Å²) in [5.41, 5.74) is -0.248. The number of nitrogens with one attached hydrogen (secondary N) is 1. The summed E-state index contributed by atoms with van der Waals surface area (Å²) in [4.78, 5) is 30.6. The van der Waals surface area contributed by atoms with Crippen LogP contribution in [0.2, 0.25) is 0 Å². The molecule has 2 heterocycles. The predicted octanol–water partition coefficient (Wildman–Crippen LogP) is 1.31. The van der Waals surface area contributed by atoms with Crippen LogP contribution in [0.25, 0.3) is 22.2 Å². The fraction of sp³-hybridized carbons (Fsp3) is 0.143. The van der Waals surface area contributed by atoms with Crippen LogP contribution in [-0.4, -0.2) is 19.7 Å². The molecule has 0 fully saturated rings. The quantitative estimate of drug-likeness (QED) is 0.770. The fourth-order valence-corrected chi connectivity index (χ4v) is 2.17. The largest absolute Gasteiger partial charge is 0.313 e. The highest BCUT2D eigenvalue weighted by Gasteiger charge is 2.16. The first-order chi connectivity index (χ1) is 10.1. The van der Waals surface area contributed by atoms with Gasteiger partial charge in [-0.15, -0.1) is 0 Å². The lowest BCUT2D eigenvalue weighted by Crippen LogP contribution is -2.26. The molecule has 0 unspecified atom stereocenters. The summed E-state index contributed by atoms with van der Waals surface area (Å²) in [7, 11) is 0. The Morgan fingerprint density at radius 1 is 1.33 bits per heavy atom. The van der Waals surface area contributed by atoms with E-state index in [1.807, 2.05) is 0 Å². The molecule has 0 bridgehead atoms. The van der Waals surface area contributed by atoms with Crippen LogP contribution in [0.15, 0.2) is 40.2 Å². The van der Waals surface area contributed by atoms with Crippen LogP contribution in [0.3, 0.4) is 0 Å². The third-order valence-electron chi connectivity index (χ3n) is 3.15. The first kappa shape index (κ1) is 13.2. The molecular weight excluding hydrogens is 275 g/mol. The van der Waals surface area contributed by atoms with Gasteiger partial charge in [-0.1, -0.05) is 12.1 Å². The van der Waals surface area contributed by atoms with Gasteiger partial charge in [0, 0.05) is 12.1 Å². The summed E-state index contributed by atoms with van der Waals surface area (Å²) in [5, 5.41) is 4.24. The normalized spacial score (nSPS) is 11.0. The lowest BCUT2D eigenvalue weighted by atomic mass is 10.1. The van der Waals surface area contributed by atoms with Crippen molar-refractivity contribution in [2.45, 2.75) is 13.5 Å². The molecular formula is C14H11FN4O2. The second kappa shape index (κ2) is 4.93. The Morgan fingerprint density at radius 3 is 2.86 bits per heavy atom. The number of aromatic amines is 1. The van der Waals surface area contributed by atoms with Crippen LogP contribution in [0.1, 0.15) is 6.92 Å². The van der Waals surface area contributed by atoms with Gasteiger partial charge < -0.3 is 4.98 Å². The van der Waals surface area contributed by atoms with Crippen molar-refractivity contribution in [3.05, 3.63) is 57.1 Å². The van der Waals surface area contributed by atoms with E-state index >= 15 is 0 Å². The average molecular weight is 286 g/mol. The molecule has 0 aliphatic heterocycles. The lowest BCUT2D eigenvalue weighted by Gasteiger charge is -2.08. The van der Waals surface area contributed by atoms with Crippen molar-refractivity contribution in [3.8, 4) is 11.3 Å². The number of fused-ring (bicyclic) bond motifs is 1. The summed E-state index contributed by atoms with van der Waals surface area (Å²) >= 11 is 0. The van der Waals surface area contributed by atoms with E-state index in [4.69, 9.17) is 0 Å². The Morgan fingerprint density at radius 2 is 2.14 bits per heavy atom. The van der Waals surface area contributed by atoms with Gasteiger partial charge in [-0.2, -0.15) is 5.10 Å². The third kappa shape index (κ3) is 2.12. The number of benzene rings is 1. The van der Waals surface area contributed by atoms with E-state index < -0.39 is 16.9 Å². The smallest absolute Gasteiger partial charge is 0.293 e. The van der Waals surface area contributed by atoms with E-state index in [2.05, 4.69) is 15.1 Å². The fourth-order valence-electron chi connectivity index (χ4n) is 2.17. The molecule has 0 aliphatic rings. The van der Waals surface area contributed by atoms with Crippen molar-refractivity contribution in [1.29, 1.82) is 0 Å². The van der Waals surface area contributed by atoms with Gasteiger partial charge in [0.25, 0.3) is 11.1 Å². The minimum Gasteiger partial charge on any atom is -0.313 e. The Balaban J connectivity index is 2.50. The van der Waals surface area contributed by atoms with Gasteiger partial charge in [-0.3, -0.25) is 9.59 Å². The topological polar surface area (TPSA) is 80.6 Å². The molecule has 3 rings (SSSR count). The minimum absolute atomic E-state index is 0.0230. The predicted molar refractivity (Wildman–Crippen MR) is 75.5 cm³/mol. The Bertz CT molecular complexity index is 946.